The van der Waals surface area contributed by atoms with E-state index in [0.717, 1.165) is 25.4 Å². The molecule has 1 heterocycles. The van der Waals surface area contributed by atoms with Gasteiger partial charge in [0.05, 0.1) is 6.61 Å². The SMILES string of the molecule is CCOc1ccc(C2C(CN)CCCN2CC)cc1. The molecule has 1 aromatic rings. The van der Waals surface area contributed by atoms with E-state index in [-0.39, 0.29) is 0 Å². The predicted molar refractivity (Wildman–Crippen MR) is 79.4 cm³/mol. The second-order valence-electron chi connectivity index (χ2n) is 5.21. The molecule has 0 radical (unpaired) electrons. The molecule has 1 saturated heterocycles. The van der Waals surface area contributed by atoms with E-state index in [4.69, 9.17) is 10.5 Å². The molecule has 0 saturated carbocycles. The van der Waals surface area contributed by atoms with Crippen LogP contribution in [0.2, 0.25) is 0 Å². The number of ether oxygens (including phenoxy) is 1. The quantitative estimate of drug-likeness (QED) is 0.887. The number of nitrogens with zero attached hydrogens (tertiary/aromatic N) is 1. The number of likely N-dealkylation sites (tertiary alicyclic amines) is 1. The van der Waals surface area contributed by atoms with Gasteiger partial charge in [-0.05, 0) is 63.0 Å². The van der Waals surface area contributed by atoms with Crippen molar-refractivity contribution in [3.63, 3.8) is 0 Å². The molecule has 0 spiro atoms. The highest BCUT2D eigenvalue weighted by atomic mass is 16.5. The van der Waals surface area contributed by atoms with E-state index < -0.39 is 0 Å². The first-order valence-electron chi connectivity index (χ1n) is 7.47. The van der Waals surface area contributed by atoms with Crippen LogP contribution in [0, 0.1) is 5.92 Å². The number of piperidine rings is 1. The molecule has 2 unspecified atom stereocenters. The van der Waals surface area contributed by atoms with Gasteiger partial charge < -0.3 is 10.5 Å². The summed E-state index contributed by atoms with van der Waals surface area (Å²) < 4.78 is 5.52. The molecule has 0 aromatic heterocycles. The fourth-order valence-corrected chi connectivity index (χ4v) is 3.16. The van der Waals surface area contributed by atoms with Crippen molar-refractivity contribution in [1.29, 1.82) is 0 Å². The summed E-state index contributed by atoms with van der Waals surface area (Å²) in [5, 5.41) is 0. The van der Waals surface area contributed by atoms with Gasteiger partial charge in [0.25, 0.3) is 0 Å². The Hall–Kier alpha value is -1.06. The molecule has 2 rings (SSSR count). The van der Waals surface area contributed by atoms with Gasteiger partial charge in [-0.3, -0.25) is 4.90 Å². The van der Waals surface area contributed by atoms with E-state index in [9.17, 15) is 0 Å². The number of nitrogens with two attached hydrogens (primary N) is 1. The zero-order valence-corrected chi connectivity index (χ0v) is 12.1. The van der Waals surface area contributed by atoms with Crippen molar-refractivity contribution < 1.29 is 4.74 Å². The summed E-state index contributed by atoms with van der Waals surface area (Å²) in [4.78, 5) is 2.55. The Labute approximate surface area is 116 Å². The minimum absolute atomic E-state index is 0.472. The third-order valence-electron chi connectivity index (χ3n) is 4.10. The van der Waals surface area contributed by atoms with Gasteiger partial charge in [-0.2, -0.15) is 0 Å². The smallest absolute Gasteiger partial charge is 0.119 e. The molecule has 1 aliphatic heterocycles. The maximum atomic E-state index is 5.97. The monoisotopic (exact) mass is 262 g/mol. The van der Waals surface area contributed by atoms with Crippen LogP contribution < -0.4 is 10.5 Å². The summed E-state index contributed by atoms with van der Waals surface area (Å²) in [6.07, 6.45) is 2.51. The standard InChI is InChI=1S/C16H26N2O/c1-3-18-11-5-6-14(12-17)16(18)13-7-9-15(10-8-13)19-4-2/h7-10,14,16H,3-6,11-12,17H2,1-2H3. The van der Waals surface area contributed by atoms with Crippen molar-refractivity contribution in [1.82, 2.24) is 4.90 Å². The first-order chi connectivity index (χ1) is 9.30. The van der Waals surface area contributed by atoms with E-state index in [2.05, 4.69) is 36.1 Å². The van der Waals surface area contributed by atoms with Gasteiger partial charge >= 0.3 is 0 Å². The van der Waals surface area contributed by atoms with Gasteiger partial charge in [-0.1, -0.05) is 19.1 Å². The maximum absolute atomic E-state index is 5.97. The minimum Gasteiger partial charge on any atom is -0.494 e. The molecule has 1 fully saturated rings. The van der Waals surface area contributed by atoms with Crippen LogP contribution in [0.1, 0.15) is 38.3 Å². The van der Waals surface area contributed by atoms with Crippen LogP contribution in [0.15, 0.2) is 24.3 Å². The molecule has 19 heavy (non-hydrogen) atoms. The highest BCUT2D eigenvalue weighted by Gasteiger charge is 2.30. The van der Waals surface area contributed by atoms with E-state index >= 15 is 0 Å². The first kappa shape index (κ1) is 14.4. The third-order valence-corrected chi connectivity index (χ3v) is 4.10. The lowest BCUT2D eigenvalue weighted by molar-refractivity contribution is 0.102. The Morgan fingerprint density at radius 1 is 1.26 bits per heavy atom. The van der Waals surface area contributed by atoms with Crippen molar-refractivity contribution in [2.75, 3.05) is 26.2 Å². The van der Waals surface area contributed by atoms with Crippen molar-refractivity contribution in [2.45, 2.75) is 32.7 Å². The van der Waals surface area contributed by atoms with Crippen molar-refractivity contribution in [3.05, 3.63) is 29.8 Å². The van der Waals surface area contributed by atoms with Crippen LogP contribution in [0.4, 0.5) is 0 Å². The molecule has 3 heteroatoms. The van der Waals surface area contributed by atoms with Crippen molar-refractivity contribution >= 4 is 0 Å². The number of benzene rings is 1. The fraction of sp³-hybridized carbons (Fsp3) is 0.625. The second-order valence-corrected chi connectivity index (χ2v) is 5.21. The molecule has 1 aliphatic rings. The summed E-state index contributed by atoms with van der Waals surface area (Å²) >= 11 is 0. The lowest BCUT2D eigenvalue weighted by Gasteiger charge is -2.41. The summed E-state index contributed by atoms with van der Waals surface area (Å²) in [7, 11) is 0. The molecular formula is C16H26N2O. The van der Waals surface area contributed by atoms with Crippen LogP contribution in [0.3, 0.4) is 0 Å². The fourth-order valence-electron chi connectivity index (χ4n) is 3.16. The van der Waals surface area contributed by atoms with E-state index in [0.29, 0.717) is 12.0 Å². The average Bonchev–Trinajstić information content (AvgIpc) is 2.47. The molecular weight excluding hydrogens is 236 g/mol. The highest BCUT2D eigenvalue weighted by molar-refractivity contribution is 5.30. The Morgan fingerprint density at radius 3 is 2.58 bits per heavy atom. The van der Waals surface area contributed by atoms with Gasteiger partial charge in [-0.15, -0.1) is 0 Å². The average molecular weight is 262 g/mol. The maximum Gasteiger partial charge on any atom is 0.119 e. The lowest BCUT2D eigenvalue weighted by atomic mass is 9.84. The van der Waals surface area contributed by atoms with Crippen molar-refractivity contribution in [3.8, 4) is 5.75 Å². The van der Waals surface area contributed by atoms with Crippen LogP contribution in [-0.2, 0) is 0 Å². The molecule has 1 aromatic carbocycles. The largest absolute Gasteiger partial charge is 0.494 e. The van der Waals surface area contributed by atoms with Crippen LogP contribution >= 0.6 is 0 Å². The Bertz CT molecular complexity index is 365. The molecule has 0 aliphatic carbocycles. The van der Waals surface area contributed by atoms with Crippen LogP contribution in [0.5, 0.6) is 5.75 Å². The summed E-state index contributed by atoms with van der Waals surface area (Å²) in [6.45, 7) is 8.02. The predicted octanol–water partition coefficient (Wildman–Crippen LogP) is 2.82. The Kier molecular flexibility index (Phi) is 5.23. The van der Waals surface area contributed by atoms with Crippen molar-refractivity contribution in [2.24, 2.45) is 11.7 Å². The first-order valence-corrected chi connectivity index (χ1v) is 7.47. The number of hydrogen-bond acceptors (Lipinski definition) is 3. The zero-order chi connectivity index (χ0) is 13.7. The van der Waals surface area contributed by atoms with E-state index in [1.54, 1.807) is 0 Å². The molecule has 3 nitrogen and oxygen atoms in total. The van der Waals surface area contributed by atoms with Crippen LogP contribution in [-0.4, -0.2) is 31.1 Å². The zero-order valence-electron chi connectivity index (χ0n) is 12.1. The summed E-state index contributed by atoms with van der Waals surface area (Å²) in [6, 6.07) is 9.03. The number of hydrogen-bond donors (Lipinski definition) is 1. The van der Waals surface area contributed by atoms with Gasteiger partial charge in [0.1, 0.15) is 5.75 Å². The summed E-state index contributed by atoms with van der Waals surface area (Å²) in [5.41, 5.74) is 7.35. The number of rotatable bonds is 5. The normalized spacial score (nSPS) is 24.4. The lowest BCUT2D eigenvalue weighted by Crippen LogP contribution is -2.41. The highest BCUT2D eigenvalue weighted by Crippen LogP contribution is 2.35. The van der Waals surface area contributed by atoms with E-state index in [1.807, 2.05) is 6.92 Å². The van der Waals surface area contributed by atoms with Crippen LogP contribution in [0.25, 0.3) is 0 Å². The van der Waals surface area contributed by atoms with Gasteiger partial charge in [0, 0.05) is 6.04 Å². The van der Waals surface area contributed by atoms with Gasteiger partial charge in [-0.25, -0.2) is 0 Å². The molecule has 2 atom stereocenters. The van der Waals surface area contributed by atoms with Gasteiger partial charge in [0.2, 0.25) is 0 Å². The Balaban J connectivity index is 2.19. The van der Waals surface area contributed by atoms with Gasteiger partial charge in [0.15, 0.2) is 0 Å². The van der Waals surface area contributed by atoms with E-state index in [1.165, 1.54) is 24.9 Å². The Morgan fingerprint density at radius 2 is 2.00 bits per heavy atom. The minimum atomic E-state index is 0.472. The second kappa shape index (κ2) is 6.92. The third kappa shape index (κ3) is 3.28. The topological polar surface area (TPSA) is 38.5 Å². The molecule has 2 N–H and O–H groups in total. The molecule has 0 bridgehead atoms. The summed E-state index contributed by atoms with van der Waals surface area (Å²) in [5.74, 6) is 1.53. The molecule has 0 amide bonds. The molecule has 106 valence electrons.